The summed E-state index contributed by atoms with van der Waals surface area (Å²) in [5.41, 5.74) is 3.85. The minimum Gasteiger partial charge on any atom is -0.452 e. The number of esters is 1. The predicted octanol–water partition coefficient (Wildman–Crippen LogP) is 3.72. The molecule has 2 heterocycles. The van der Waals surface area contributed by atoms with Gasteiger partial charge in [-0.2, -0.15) is 4.37 Å². The zero-order chi connectivity index (χ0) is 19.4. The molecule has 1 amide bonds. The Morgan fingerprint density at radius 3 is 2.63 bits per heavy atom. The van der Waals surface area contributed by atoms with Gasteiger partial charge in [0.1, 0.15) is 10.6 Å². The minimum atomic E-state index is -0.583. The Hall–Kier alpha value is -2.78. The van der Waals surface area contributed by atoms with Crippen molar-refractivity contribution in [2.75, 3.05) is 24.3 Å². The molecule has 9 heteroatoms. The molecule has 3 aromatic rings. The molecule has 3 rings (SSSR count). The second-order valence-corrected chi connectivity index (χ2v) is 7.38. The summed E-state index contributed by atoms with van der Waals surface area (Å²) < 4.78 is 9.21. The molecule has 27 heavy (non-hydrogen) atoms. The molecule has 0 fully saturated rings. The molecule has 0 aliphatic heterocycles. The van der Waals surface area contributed by atoms with Gasteiger partial charge >= 0.3 is 5.97 Å². The second kappa shape index (κ2) is 8.28. The van der Waals surface area contributed by atoms with Crippen molar-refractivity contribution in [3.05, 3.63) is 46.5 Å². The van der Waals surface area contributed by atoms with Crippen LogP contribution in [0.15, 0.2) is 29.6 Å². The van der Waals surface area contributed by atoms with Gasteiger partial charge in [-0.15, -0.1) is 11.3 Å². The molecule has 2 aromatic heterocycles. The predicted molar refractivity (Wildman–Crippen MR) is 108 cm³/mol. The molecule has 2 N–H and O–H groups in total. The summed E-state index contributed by atoms with van der Waals surface area (Å²) in [5.74, 6) is -1.03. The van der Waals surface area contributed by atoms with E-state index in [1.807, 2.05) is 36.6 Å². The van der Waals surface area contributed by atoms with Crippen LogP contribution in [0.5, 0.6) is 0 Å². The molecular weight excluding hydrogens is 384 g/mol. The van der Waals surface area contributed by atoms with Crippen molar-refractivity contribution in [2.24, 2.45) is 0 Å². The Morgan fingerprint density at radius 1 is 1.19 bits per heavy atom. The van der Waals surface area contributed by atoms with E-state index < -0.39 is 18.5 Å². The lowest BCUT2D eigenvalue weighted by Gasteiger charge is -2.05. The van der Waals surface area contributed by atoms with E-state index in [9.17, 15) is 9.59 Å². The molecule has 0 unspecified atom stereocenters. The lowest BCUT2D eigenvalue weighted by Crippen LogP contribution is -2.21. The first-order valence-electron chi connectivity index (χ1n) is 8.11. The molecule has 7 nitrogen and oxygen atoms in total. The molecule has 0 radical (unpaired) electrons. The minimum absolute atomic E-state index is 0.353. The summed E-state index contributed by atoms with van der Waals surface area (Å²) in [6, 6.07) is 7.98. The number of nitrogens with zero attached hydrogens (tertiary/aromatic N) is 2. The first-order valence-corrected chi connectivity index (χ1v) is 9.77. The van der Waals surface area contributed by atoms with Gasteiger partial charge in [0.2, 0.25) is 0 Å². The average Bonchev–Trinajstić information content (AvgIpc) is 3.26. The fraction of sp³-hybridized carbons (Fsp3) is 0.222. The van der Waals surface area contributed by atoms with Crippen molar-refractivity contribution in [1.29, 1.82) is 0 Å². The Balaban J connectivity index is 1.57. The number of benzene rings is 1. The SMILES string of the molecule is CNc1snc(C)c1C(=O)OCC(=O)Nc1nc(-c2ccc(C)cc2)cs1. The van der Waals surface area contributed by atoms with Crippen molar-refractivity contribution in [3.8, 4) is 11.3 Å². The van der Waals surface area contributed by atoms with Gasteiger partial charge in [-0.3, -0.25) is 10.1 Å². The van der Waals surface area contributed by atoms with Crippen LogP contribution < -0.4 is 10.6 Å². The molecule has 0 atom stereocenters. The number of thiazole rings is 1. The van der Waals surface area contributed by atoms with Crippen molar-refractivity contribution < 1.29 is 14.3 Å². The highest BCUT2D eigenvalue weighted by Crippen LogP contribution is 2.26. The van der Waals surface area contributed by atoms with Crippen LogP contribution in [0.2, 0.25) is 0 Å². The van der Waals surface area contributed by atoms with Crippen LogP contribution in [-0.4, -0.2) is 34.9 Å². The highest BCUT2D eigenvalue weighted by molar-refractivity contribution is 7.14. The van der Waals surface area contributed by atoms with Crippen molar-refractivity contribution in [2.45, 2.75) is 13.8 Å². The summed E-state index contributed by atoms with van der Waals surface area (Å²) in [6.07, 6.45) is 0. The van der Waals surface area contributed by atoms with Gasteiger partial charge in [0.05, 0.1) is 11.4 Å². The fourth-order valence-electron chi connectivity index (χ4n) is 2.33. The summed E-state index contributed by atoms with van der Waals surface area (Å²) in [7, 11) is 1.70. The van der Waals surface area contributed by atoms with Gasteiger partial charge in [-0.05, 0) is 25.4 Å². The van der Waals surface area contributed by atoms with Gasteiger partial charge in [-0.25, -0.2) is 9.78 Å². The number of carbonyl (C=O) groups excluding carboxylic acids is 2. The normalized spacial score (nSPS) is 10.5. The number of ether oxygens (including phenoxy) is 1. The number of hydrogen-bond acceptors (Lipinski definition) is 8. The lowest BCUT2D eigenvalue weighted by molar-refractivity contribution is -0.119. The maximum atomic E-state index is 12.2. The largest absolute Gasteiger partial charge is 0.452 e. The monoisotopic (exact) mass is 402 g/mol. The van der Waals surface area contributed by atoms with Crippen molar-refractivity contribution in [1.82, 2.24) is 9.36 Å². The van der Waals surface area contributed by atoms with Crippen molar-refractivity contribution >= 4 is 44.9 Å². The summed E-state index contributed by atoms with van der Waals surface area (Å²) in [6.45, 7) is 3.35. The van der Waals surface area contributed by atoms with Crippen LogP contribution in [-0.2, 0) is 9.53 Å². The van der Waals surface area contributed by atoms with Crippen LogP contribution in [0.4, 0.5) is 10.1 Å². The van der Waals surface area contributed by atoms with Gasteiger partial charge < -0.3 is 10.1 Å². The molecule has 0 saturated heterocycles. The summed E-state index contributed by atoms with van der Waals surface area (Å²) in [4.78, 5) is 28.7. The summed E-state index contributed by atoms with van der Waals surface area (Å²) >= 11 is 2.49. The van der Waals surface area contributed by atoms with Crippen LogP contribution in [0.1, 0.15) is 21.6 Å². The molecule has 0 saturated carbocycles. The molecule has 0 aliphatic rings. The smallest absolute Gasteiger partial charge is 0.343 e. The molecular formula is C18H18N4O3S2. The van der Waals surface area contributed by atoms with Crippen LogP contribution in [0, 0.1) is 13.8 Å². The van der Waals surface area contributed by atoms with E-state index in [1.165, 1.54) is 28.4 Å². The van der Waals surface area contributed by atoms with Gasteiger partial charge in [-0.1, -0.05) is 29.8 Å². The first-order chi connectivity index (χ1) is 13.0. The quantitative estimate of drug-likeness (QED) is 0.611. The highest BCUT2D eigenvalue weighted by Gasteiger charge is 2.20. The number of aryl methyl sites for hydroxylation is 2. The highest BCUT2D eigenvalue weighted by atomic mass is 32.1. The zero-order valence-corrected chi connectivity index (χ0v) is 16.7. The van der Waals surface area contributed by atoms with Crippen LogP contribution in [0.3, 0.4) is 0 Å². The van der Waals surface area contributed by atoms with E-state index in [1.54, 1.807) is 14.0 Å². The third kappa shape index (κ3) is 4.50. The number of nitrogens with one attached hydrogen (secondary N) is 2. The lowest BCUT2D eigenvalue weighted by atomic mass is 10.1. The fourth-order valence-corrected chi connectivity index (χ4v) is 3.80. The standard InChI is InChI=1S/C18H18N4O3S2/c1-10-4-6-12(7-5-10)13-9-26-18(20-13)21-14(23)8-25-17(24)15-11(2)22-27-16(15)19-3/h4-7,9,19H,8H2,1-3H3,(H,20,21,23). The van der Waals surface area contributed by atoms with Gasteiger partial charge in [0.15, 0.2) is 11.7 Å². The molecule has 0 spiro atoms. The second-order valence-electron chi connectivity index (χ2n) is 5.75. The van der Waals surface area contributed by atoms with Crippen LogP contribution in [0.25, 0.3) is 11.3 Å². The third-order valence-electron chi connectivity index (χ3n) is 3.73. The molecule has 140 valence electrons. The van der Waals surface area contributed by atoms with E-state index in [-0.39, 0.29) is 0 Å². The Bertz CT molecular complexity index is 963. The maximum absolute atomic E-state index is 12.2. The topological polar surface area (TPSA) is 93.2 Å². The number of anilines is 2. The molecule has 1 aromatic carbocycles. The Morgan fingerprint density at radius 2 is 1.93 bits per heavy atom. The molecule has 0 bridgehead atoms. The van der Waals surface area contributed by atoms with E-state index in [0.717, 1.165) is 11.3 Å². The summed E-state index contributed by atoms with van der Waals surface area (Å²) in [5, 5.41) is 8.48. The maximum Gasteiger partial charge on any atom is 0.343 e. The van der Waals surface area contributed by atoms with Gasteiger partial charge in [0, 0.05) is 18.0 Å². The van der Waals surface area contributed by atoms with E-state index >= 15 is 0 Å². The Labute approximate surface area is 164 Å². The zero-order valence-electron chi connectivity index (χ0n) is 15.0. The van der Waals surface area contributed by atoms with E-state index in [2.05, 4.69) is 20.0 Å². The van der Waals surface area contributed by atoms with Gasteiger partial charge in [0.25, 0.3) is 5.91 Å². The molecule has 0 aliphatic carbocycles. The number of aromatic nitrogens is 2. The van der Waals surface area contributed by atoms with E-state index in [4.69, 9.17) is 4.74 Å². The third-order valence-corrected chi connectivity index (χ3v) is 5.44. The number of hydrogen-bond donors (Lipinski definition) is 2. The van der Waals surface area contributed by atoms with E-state index in [0.29, 0.717) is 21.4 Å². The number of amides is 1. The average molecular weight is 403 g/mol. The Kier molecular flexibility index (Phi) is 5.82. The first kappa shape index (κ1) is 19.0. The van der Waals surface area contributed by atoms with Crippen LogP contribution >= 0.6 is 22.9 Å². The number of rotatable bonds is 6. The number of carbonyl (C=O) groups is 2. The van der Waals surface area contributed by atoms with Crippen molar-refractivity contribution in [3.63, 3.8) is 0 Å².